The fraction of sp³-hybridized carbons (Fsp3) is 0.136. The van der Waals surface area contributed by atoms with Gasteiger partial charge in [-0.05, 0) is 30.0 Å². The molecule has 0 aliphatic heterocycles. The second kappa shape index (κ2) is 8.29. The third kappa shape index (κ3) is 4.05. The number of ketones is 1. The molecule has 0 aliphatic carbocycles. The van der Waals surface area contributed by atoms with Crippen molar-refractivity contribution in [3.8, 4) is 0 Å². The number of hydrogen-bond acceptors (Lipinski definition) is 6. The SMILES string of the molecule is NC(=O)c1ccc(C(=O)[C@@](N)(CCC(=O)O)S(=O)(=O)c2cccc3ccccc23)cc1. The molecule has 0 unspecified atom stereocenters. The summed E-state index contributed by atoms with van der Waals surface area (Å²) in [6, 6.07) is 16.3. The molecule has 0 saturated heterocycles. The molecule has 1 atom stereocenters. The number of Topliss-reactive ketones (excluding diaryl/α,β-unsaturated/α-hetero) is 1. The highest BCUT2D eigenvalue weighted by Crippen LogP contribution is 2.33. The molecule has 0 aliphatic rings. The predicted molar refractivity (Wildman–Crippen MR) is 114 cm³/mol. The van der Waals surface area contributed by atoms with Gasteiger partial charge in [0.15, 0.2) is 10.7 Å². The maximum Gasteiger partial charge on any atom is 0.303 e. The Labute approximate surface area is 178 Å². The third-order valence-corrected chi connectivity index (χ3v) is 7.33. The zero-order valence-electron chi connectivity index (χ0n) is 16.3. The van der Waals surface area contributed by atoms with Crippen LogP contribution in [0.1, 0.15) is 33.6 Å². The number of aliphatic carboxylic acids is 1. The maximum atomic E-state index is 13.7. The van der Waals surface area contributed by atoms with Gasteiger partial charge in [0.25, 0.3) is 0 Å². The lowest BCUT2D eigenvalue weighted by Gasteiger charge is -2.28. The molecule has 0 aromatic heterocycles. The summed E-state index contributed by atoms with van der Waals surface area (Å²) in [5.74, 6) is -2.98. The zero-order chi connectivity index (χ0) is 22.8. The van der Waals surface area contributed by atoms with E-state index in [2.05, 4.69) is 0 Å². The van der Waals surface area contributed by atoms with Crippen LogP contribution in [0.15, 0.2) is 71.6 Å². The minimum atomic E-state index is -4.52. The Morgan fingerprint density at radius 2 is 1.45 bits per heavy atom. The van der Waals surface area contributed by atoms with E-state index in [1.54, 1.807) is 30.3 Å². The Morgan fingerprint density at radius 3 is 2.06 bits per heavy atom. The minimum Gasteiger partial charge on any atom is -0.481 e. The van der Waals surface area contributed by atoms with E-state index in [4.69, 9.17) is 16.6 Å². The van der Waals surface area contributed by atoms with Gasteiger partial charge in [0.1, 0.15) is 0 Å². The third-order valence-electron chi connectivity index (χ3n) is 5.04. The van der Waals surface area contributed by atoms with Gasteiger partial charge in [-0.3, -0.25) is 14.4 Å². The number of primary amides is 1. The van der Waals surface area contributed by atoms with Crippen LogP contribution in [0.4, 0.5) is 0 Å². The van der Waals surface area contributed by atoms with Crippen molar-refractivity contribution in [3.05, 3.63) is 77.9 Å². The Morgan fingerprint density at radius 1 is 0.871 bits per heavy atom. The van der Waals surface area contributed by atoms with Crippen molar-refractivity contribution in [2.75, 3.05) is 0 Å². The lowest BCUT2D eigenvalue weighted by atomic mass is 9.99. The van der Waals surface area contributed by atoms with E-state index < -0.39 is 45.2 Å². The van der Waals surface area contributed by atoms with Crippen molar-refractivity contribution < 1.29 is 27.9 Å². The van der Waals surface area contributed by atoms with E-state index >= 15 is 0 Å². The molecular weight excluding hydrogens is 420 g/mol. The number of carbonyl (C=O) groups is 3. The van der Waals surface area contributed by atoms with Gasteiger partial charge in [0, 0.05) is 22.9 Å². The summed E-state index contributed by atoms with van der Waals surface area (Å²) < 4.78 is 27.3. The van der Waals surface area contributed by atoms with Crippen molar-refractivity contribution in [3.63, 3.8) is 0 Å². The van der Waals surface area contributed by atoms with Crippen LogP contribution < -0.4 is 11.5 Å². The normalized spacial score (nSPS) is 13.5. The lowest BCUT2D eigenvalue weighted by Crippen LogP contribution is -2.55. The van der Waals surface area contributed by atoms with Crippen molar-refractivity contribution >= 4 is 38.3 Å². The molecule has 9 heteroatoms. The van der Waals surface area contributed by atoms with Gasteiger partial charge in [-0.25, -0.2) is 8.42 Å². The van der Waals surface area contributed by atoms with Crippen LogP contribution in [-0.2, 0) is 14.6 Å². The summed E-state index contributed by atoms with van der Waals surface area (Å²) in [6.45, 7) is 0. The van der Waals surface area contributed by atoms with E-state index in [0.29, 0.717) is 10.8 Å². The van der Waals surface area contributed by atoms with Crippen molar-refractivity contribution in [2.45, 2.75) is 22.6 Å². The summed E-state index contributed by atoms with van der Waals surface area (Å²) >= 11 is 0. The van der Waals surface area contributed by atoms with Crippen molar-refractivity contribution in [1.29, 1.82) is 0 Å². The molecule has 0 bridgehead atoms. The molecule has 3 aromatic carbocycles. The quantitative estimate of drug-likeness (QED) is 0.453. The first-order valence-electron chi connectivity index (χ1n) is 9.25. The molecular formula is C22H20N2O6S. The summed E-state index contributed by atoms with van der Waals surface area (Å²) in [5, 5.41) is 10.1. The van der Waals surface area contributed by atoms with E-state index in [-0.39, 0.29) is 16.0 Å². The number of fused-ring (bicyclic) bond motifs is 1. The summed E-state index contributed by atoms with van der Waals surface area (Å²) in [4.78, 5) is 33.1. The first kappa shape index (κ1) is 22.1. The standard InChI is InChI=1S/C22H20N2O6S/c23-21(28)16-10-8-15(9-11-16)20(27)22(24,13-12-19(25)26)31(29,30)18-7-3-5-14-4-1-2-6-17(14)18/h1-11H,12-13,24H2,(H2,23,28)(H,25,26)/t22-/m1/s1. The maximum absolute atomic E-state index is 13.7. The predicted octanol–water partition coefficient (Wildman–Crippen LogP) is 2.12. The van der Waals surface area contributed by atoms with Crippen LogP contribution in [0, 0.1) is 0 Å². The first-order valence-corrected chi connectivity index (χ1v) is 10.7. The van der Waals surface area contributed by atoms with Gasteiger partial charge >= 0.3 is 5.97 Å². The highest BCUT2D eigenvalue weighted by Gasteiger charge is 2.48. The molecule has 31 heavy (non-hydrogen) atoms. The van der Waals surface area contributed by atoms with Gasteiger partial charge in [-0.1, -0.05) is 48.5 Å². The fourth-order valence-electron chi connectivity index (χ4n) is 3.32. The Bertz CT molecular complexity index is 1280. The van der Waals surface area contributed by atoms with E-state index in [1.165, 1.54) is 36.4 Å². The topological polar surface area (TPSA) is 158 Å². The fourth-order valence-corrected chi connectivity index (χ4v) is 5.18. The number of carboxylic acid groups (broad SMARTS) is 1. The highest BCUT2D eigenvalue weighted by molar-refractivity contribution is 7.93. The van der Waals surface area contributed by atoms with E-state index in [0.717, 1.165) is 0 Å². The molecule has 0 fully saturated rings. The summed E-state index contributed by atoms with van der Waals surface area (Å²) in [5.41, 5.74) is 11.5. The lowest BCUT2D eigenvalue weighted by molar-refractivity contribution is -0.137. The van der Waals surface area contributed by atoms with Gasteiger partial charge in [-0.2, -0.15) is 0 Å². The van der Waals surface area contributed by atoms with Crippen LogP contribution in [0.25, 0.3) is 10.8 Å². The van der Waals surface area contributed by atoms with Crippen LogP contribution >= 0.6 is 0 Å². The summed E-state index contributed by atoms with van der Waals surface area (Å²) in [6.07, 6.45) is -1.27. The first-order chi connectivity index (χ1) is 14.6. The number of carboxylic acids is 1. The molecule has 5 N–H and O–H groups in total. The van der Waals surface area contributed by atoms with Crippen LogP contribution in [0.5, 0.6) is 0 Å². The van der Waals surface area contributed by atoms with Gasteiger partial charge < -0.3 is 16.6 Å². The van der Waals surface area contributed by atoms with Crippen LogP contribution in [-0.4, -0.2) is 36.1 Å². The van der Waals surface area contributed by atoms with E-state index in [9.17, 15) is 22.8 Å². The van der Waals surface area contributed by atoms with Crippen molar-refractivity contribution in [1.82, 2.24) is 0 Å². The monoisotopic (exact) mass is 440 g/mol. The molecule has 8 nitrogen and oxygen atoms in total. The number of carbonyl (C=O) groups excluding carboxylic acids is 2. The van der Waals surface area contributed by atoms with Gasteiger partial charge in [-0.15, -0.1) is 0 Å². The molecule has 3 rings (SSSR count). The van der Waals surface area contributed by atoms with Crippen LogP contribution in [0.2, 0.25) is 0 Å². The van der Waals surface area contributed by atoms with Crippen molar-refractivity contribution in [2.24, 2.45) is 11.5 Å². The minimum absolute atomic E-state index is 0.0818. The van der Waals surface area contributed by atoms with Crippen LogP contribution in [0.3, 0.4) is 0 Å². The molecule has 0 spiro atoms. The van der Waals surface area contributed by atoms with Gasteiger partial charge in [0.2, 0.25) is 15.7 Å². The molecule has 1 amide bonds. The zero-order valence-corrected chi connectivity index (χ0v) is 17.1. The number of rotatable bonds is 8. The largest absolute Gasteiger partial charge is 0.481 e. The van der Waals surface area contributed by atoms with Gasteiger partial charge in [0.05, 0.1) is 4.90 Å². The highest BCUT2D eigenvalue weighted by atomic mass is 32.2. The molecule has 3 aromatic rings. The molecule has 0 radical (unpaired) electrons. The van der Waals surface area contributed by atoms with E-state index in [1.807, 2.05) is 0 Å². The smallest absolute Gasteiger partial charge is 0.303 e. The Hall–Kier alpha value is -3.56. The number of hydrogen-bond donors (Lipinski definition) is 3. The number of nitrogens with two attached hydrogens (primary N) is 2. The number of benzene rings is 3. The molecule has 160 valence electrons. The molecule has 0 saturated carbocycles. The second-order valence-electron chi connectivity index (χ2n) is 7.03. The Kier molecular flexibility index (Phi) is 5.92. The Balaban J connectivity index is 2.17. The summed E-state index contributed by atoms with van der Waals surface area (Å²) in [7, 11) is -4.52. The molecule has 0 heterocycles. The number of amides is 1. The average Bonchev–Trinajstić information content (AvgIpc) is 2.76. The second-order valence-corrected chi connectivity index (χ2v) is 9.21. The number of sulfone groups is 1. The average molecular weight is 440 g/mol.